The van der Waals surface area contributed by atoms with Crippen molar-refractivity contribution in [1.82, 2.24) is 4.72 Å². The highest BCUT2D eigenvalue weighted by Gasteiger charge is 2.21. The molecule has 0 aromatic heterocycles. The fourth-order valence-corrected chi connectivity index (χ4v) is 4.44. The van der Waals surface area contributed by atoms with Gasteiger partial charge in [0.2, 0.25) is 10.0 Å². The minimum Gasteiger partial charge on any atom is -0.322 e. The molecule has 1 aliphatic rings. The van der Waals surface area contributed by atoms with Crippen LogP contribution in [0.5, 0.6) is 0 Å². The van der Waals surface area contributed by atoms with Crippen LogP contribution in [0.2, 0.25) is 0 Å². The Kier molecular flexibility index (Phi) is 5.74. The van der Waals surface area contributed by atoms with Crippen LogP contribution in [-0.4, -0.2) is 20.4 Å². The van der Waals surface area contributed by atoms with Crippen LogP contribution in [0.15, 0.2) is 53.4 Å². The second kappa shape index (κ2) is 8.01. The summed E-state index contributed by atoms with van der Waals surface area (Å²) in [6.45, 7) is 1.96. The van der Waals surface area contributed by atoms with Gasteiger partial charge in [-0.25, -0.2) is 13.1 Å². The summed E-state index contributed by atoms with van der Waals surface area (Å²) in [5.74, 6) is -0.221. The van der Waals surface area contributed by atoms with E-state index in [1.807, 2.05) is 19.1 Å². The standard InChI is InChI=1S/C20H24N2O3S/c1-15-7-9-16(10-8-15)20(23)21-17-11-13-19(14-12-17)26(24,25)22-18-5-3-2-4-6-18/h7-14,18,22H,2-6H2,1H3,(H,21,23). The summed E-state index contributed by atoms with van der Waals surface area (Å²) in [7, 11) is -3.52. The molecule has 1 saturated carbocycles. The van der Waals surface area contributed by atoms with Crippen molar-refractivity contribution < 1.29 is 13.2 Å². The van der Waals surface area contributed by atoms with Gasteiger partial charge in [-0.3, -0.25) is 4.79 Å². The van der Waals surface area contributed by atoms with Crippen LogP contribution in [0.25, 0.3) is 0 Å². The highest BCUT2D eigenvalue weighted by atomic mass is 32.2. The van der Waals surface area contributed by atoms with E-state index in [9.17, 15) is 13.2 Å². The molecule has 0 aliphatic heterocycles. The van der Waals surface area contributed by atoms with Crippen molar-refractivity contribution in [2.45, 2.75) is 50.0 Å². The predicted octanol–water partition coefficient (Wildman–Crippen LogP) is 3.86. The molecule has 0 spiro atoms. The Labute approximate surface area is 154 Å². The molecule has 0 radical (unpaired) electrons. The lowest BCUT2D eigenvalue weighted by atomic mass is 9.96. The molecule has 0 heterocycles. The number of sulfonamides is 1. The maximum atomic E-state index is 12.5. The van der Waals surface area contributed by atoms with Crippen molar-refractivity contribution in [3.8, 4) is 0 Å². The molecule has 2 N–H and O–H groups in total. The third-order valence-corrected chi connectivity index (χ3v) is 6.20. The van der Waals surface area contributed by atoms with Gasteiger partial charge in [0.15, 0.2) is 0 Å². The molecule has 1 amide bonds. The zero-order valence-corrected chi connectivity index (χ0v) is 15.7. The highest BCUT2D eigenvalue weighted by molar-refractivity contribution is 7.89. The van der Waals surface area contributed by atoms with E-state index >= 15 is 0 Å². The van der Waals surface area contributed by atoms with Gasteiger partial charge in [0, 0.05) is 17.3 Å². The minimum atomic E-state index is -3.52. The predicted molar refractivity (Wildman–Crippen MR) is 103 cm³/mol. The maximum absolute atomic E-state index is 12.5. The Morgan fingerprint density at radius 2 is 1.54 bits per heavy atom. The van der Waals surface area contributed by atoms with Gasteiger partial charge in [0.25, 0.3) is 5.91 Å². The molecule has 1 fully saturated rings. The molecule has 0 bridgehead atoms. The zero-order valence-electron chi connectivity index (χ0n) is 14.9. The highest BCUT2D eigenvalue weighted by Crippen LogP contribution is 2.21. The molecular weight excluding hydrogens is 348 g/mol. The largest absolute Gasteiger partial charge is 0.322 e. The summed E-state index contributed by atoms with van der Waals surface area (Å²) in [6, 6.07) is 13.6. The monoisotopic (exact) mass is 372 g/mol. The van der Waals surface area contributed by atoms with E-state index in [4.69, 9.17) is 0 Å². The van der Waals surface area contributed by atoms with Crippen molar-refractivity contribution in [2.24, 2.45) is 0 Å². The maximum Gasteiger partial charge on any atom is 0.255 e. The molecule has 2 aromatic rings. The second-order valence-electron chi connectivity index (χ2n) is 6.80. The lowest BCUT2D eigenvalue weighted by molar-refractivity contribution is 0.102. The van der Waals surface area contributed by atoms with Crippen LogP contribution >= 0.6 is 0 Å². The number of nitrogens with one attached hydrogen (secondary N) is 2. The smallest absolute Gasteiger partial charge is 0.255 e. The number of amides is 1. The summed E-state index contributed by atoms with van der Waals surface area (Å²) in [5, 5.41) is 2.78. The van der Waals surface area contributed by atoms with Gasteiger partial charge in [-0.2, -0.15) is 0 Å². The third-order valence-electron chi connectivity index (χ3n) is 4.66. The van der Waals surface area contributed by atoms with E-state index < -0.39 is 10.0 Å². The quantitative estimate of drug-likeness (QED) is 0.837. The molecule has 0 saturated heterocycles. The van der Waals surface area contributed by atoms with Gasteiger partial charge < -0.3 is 5.32 Å². The lowest BCUT2D eigenvalue weighted by Crippen LogP contribution is -2.36. The Balaban J connectivity index is 1.65. The van der Waals surface area contributed by atoms with Crippen LogP contribution in [0.1, 0.15) is 48.0 Å². The molecule has 5 nitrogen and oxygen atoms in total. The number of hydrogen-bond donors (Lipinski definition) is 2. The summed E-state index contributed by atoms with van der Waals surface area (Å²) >= 11 is 0. The van der Waals surface area contributed by atoms with Gasteiger partial charge in [-0.15, -0.1) is 0 Å². The number of carbonyl (C=O) groups excluding carboxylic acids is 1. The molecule has 26 heavy (non-hydrogen) atoms. The molecule has 2 aromatic carbocycles. The van der Waals surface area contributed by atoms with Gasteiger partial charge in [-0.1, -0.05) is 37.0 Å². The average Bonchev–Trinajstić information content (AvgIpc) is 2.63. The molecule has 6 heteroatoms. The Morgan fingerprint density at radius 1 is 0.923 bits per heavy atom. The Morgan fingerprint density at radius 3 is 2.15 bits per heavy atom. The van der Waals surface area contributed by atoms with Crippen molar-refractivity contribution in [3.63, 3.8) is 0 Å². The average molecular weight is 372 g/mol. The second-order valence-corrected chi connectivity index (χ2v) is 8.51. The summed E-state index contributed by atoms with van der Waals surface area (Å²) in [5.41, 5.74) is 2.21. The van der Waals surface area contributed by atoms with Gasteiger partial charge in [-0.05, 0) is 56.2 Å². The fraction of sp³-hybridized carbons (Fsp3) is 0.350. The summed E-state index contributed by atoms with van der Waals surface area (Å²) < 4.78 is 27.8. The first-order valence-corrected chi connectivity index (χ1v) is 10.4. The molecular formula is C20H24N2O3S. The Bertz CT molecular complexity index is 853. The van der Waals surface area contributed by atoms with E-state index in [1.165, 1.54) is 18.6 Å². The molecule has 3 rings (SSSR count). The topological polar surface area (TPSA) is 75.3 Å². The number of benzene rings is 2. The number of hydrogen-bond acceptors (Lipinski definition) is 3. The van der Waals surface area contributed by atoms with E-state index in [1.54, 1.807) is 24.3 Å². The van der Waals surface area contributed by atoms with E-state index in [2.05, 4.69) is 10.0 Å². The summed E-state index contributed by atoms with van der Waals surface area (Å²) in [6.07, 6.45) is 5.09. The fourth-order valence-electron chi connectivity index (χ4n) is 3.13. The molecule has 0 atom stereocenters. The number of carbonyl (C=O) groups is 1. The van der Waals surface area contributed by atoms with Gasteiger partial charge >= 0.3 is 0 Å². The van der Waals surface area contributed by atoms with Crippen molar-refractivity contribution in [1.29, 1.82) is 0 Å². The molecule has 1 aliphatic carbocycles. The minimum absolute atomic E-state index is 0.0228. The van der Waals surface area contributed by atoms with Crippen LogP contribution in [-0.2, 0) is 10.0 Å². The van der Waals surface area contributed by atoms with Crippen LogP contribution in [0, 0.1) is 6.92 Å². The normalized spacial score (nSPS) is 15.6. The van der Waals surface area contributed by atoms with Crippen molar-refractivity contribution >= 4 is 21.6 Å². The van der Waals surface area contributed by atoms with Crippen molar-refractivity contribution in [2.75, 3.05) is 5.32 Å². The van der Waals surface area contributed by atoms with Gasteiger partial charge in [0.1, 0.15) is 0 Å². The first kappa shape index (κ1) is 18.6. The number of aryl methyl sites for hydroxylation is 1. The Hall–Kier alpha value is -2.18. The zero-order chi connectivity index (χ0) is 18.6. The van der Waals surface area contributed by atoms with E-state index in [-0.39, 0.29) is 16.8 Å². The van der Waals surface area contributed by atoms with E-state index in [0.717, 1.165) is 31.2 Å². The SMILES string of the molecule is Cc1ccc(C(=O)Nc2ccc(S(=O)(=O)NC3CCCCC3)cc2)cc1. The molecule has 138 valence electrons. The summed E-state index contributed by atoms with van der Waals surface area (Å²) in [4.78, 5) is 12.4. The van der Waals surface area contributed by atoms with E-state index in [0.29, 0.717) is 11.3 Å². The van der Waals surface area contributed by atoms with Crippen LogP contribution in [0.4, 0.5) is 5.69 Å². The lowest BCUT2D eigenvalue weighted by Gasteiger charge is -2.22. The van der Waals surface area contributed by atoms with Crippen LogP contribution < -0.4 is 10.0 Å². The number of rotatable bonds is 5. The van der Waals surface area contributed by atoms with Crippen molar-refractivity contribution in [3.05, 3.63) is 59.7 Å². The first-order chi connectivity index (χ1) is 12.4. The van der Waals surface area contributed by atoms with Crippen LogP contribution in [0.3, 0.4) is 0 Å². The molecule has 0 unspecified atom stereocenters. The first-order valence-electron chi connectivity index (χ1n) is 8.94. The third kappa shape index (κ3) is 4.71. The van der Waals surface area contributed by atoms with Gasteiger partial charge in [0.05, 0.1) is 4.90 Å². The number of anilines is 1.